The molecular formula is C11H25NO2. The van der Waals surface area contributed by atoms with Gasteiger partial charge in [0, 0.05) is 0 Å². The third kappa shape index (κ3) is 9.96. The molecule has 3 N–H and O–H groups in total. The molecule has 0 rings (SSSR count). The van der Waals surface area contributed by atoms with E-state index < -0.39 is 12.5 Å². The molecule has 0 aromatic carbocycles. The molecule has 0 aromatic heterocycles. The van der Waals surface area contributed by atoms with Crippen molar-refractivity contribution in [2.24, 2.45) is 0 Å². The third-order valence-electron chi connectivity index (χ3n) is 2.26. The molecular weight excluding hydrogens is 178 g/mol. The number of rotatable bonds is 9. The molecule has 3 nitrogen and oxygen atoms in total. The number of hydrogen-bond donors (Lipinski definition) is 3. The van der Waals surface area contributed by atoms with Gasteiger partial charge in [0.1, 0.15) is 12.5 Å². The third-order valence-corrected chi connectivity index (χ3v) is 2.26. The van der Waals surface area contributed by atoms with Gasteiger partial charge in [-0.1, -0.05) is 39.0 Å². The Morgan fingerprint density at radius 2 is 1.57 bits per heavy atom. The lowest BCUT2D eigenvalue weighted by atomic mass is 10.1. The van der Waals surface area contributed by atoms with Gasteiger partial charge < -0.3 is 10.2 Å². The molecule has 0 heterocycles. The van der Waals surface area contributed by atoms with Crippen LogP contribution in [0, 0.1) is 0 Å². The SMILES string of the molecule is CCCCCCCCC(O)NC(C)O. The van der Waals surface area contributed by atoms with E-state index in [0.29, 0.717) is 0 Å². The van der Waals surface area contributed by atoms with E-state index in [4.69, 9.17) is 5.11 Å². The van der Waals surface area contributed by atoms with Gasteiger partial charge in [-0.3, -0.25) is 5.32 Å². The summed E-state index contributed by atoms with van der Waals surface area (Å²) < 4.78 is 0. The summed E-state index contributed by atoms with van der Waals surface area (Å²) in [5, 5.41) is 20.9. The van der Waals surface area contributed by atoms with Gasteiger partial charge in [-0.25, -0.2) is 0 Å². The van der Waals surface area contributed by atoms with E-state index in [0.717, 1.165) is 12.8 Å². The Morgan fingerprint density at radius 1 is 1.00 bits per heavy atom. The highest BCUT2D eigenvalue weighted by Gasteiger charge is 2.04. The van der Waals surface area contributed by atoms with E-state index in [-0.39, 0.29) is 0 Å². The number of unbranched alkanes of at least 4 members (excludes halogenated alkanes) is 5. The standard InChI is InChI=1S/C11H25NO2/c1-3-4-5-6-7-8-9-11(14)12-10(2)13/h10-14H,3-9H2,1-2H3. The van der Waals surface area contributed by atoms with E-state index in [1.807, 2.05) is 0 Å². The van der Waals surface area contributed by atoms with E-state index >= 15 is 0 Å². The molecule has 0 bridgehead atoms. The number of aliphatic hydroxyl groups is 2. The maximum atomic E-state index is 9.35. The van der Waals surface area contributed by atoms with Crippen LogP contribution in [-0.2, 0) is 0 Å². The Hall–Kier alpha value is -0.120. The number of aliphatic hydroxyl groups excluding tert-OH is 2. The van der Waals surface area contributed by atoms with Crippen molar-refractivity contribution in [3.05, 3.63) is 0 Å². The van der Waals surface area contributed by atoms with Crippen LogP contribution in [0.15, 0.2) is 0 Å². The maximum absolute atomic E-state index is 9.35. The molecule has 0 aliphatic carbocycles. The van der Waals surface area contributed by atoms with Gasteiger partial charge in [-0.05, 0) is 19.8 Å². The summed E-state index contributed by atoms with van der Waals surface area (Å²) in [4.78, 5) is 0. The Labute approximate surface area is 87.5 Å². The number of nitrogens with one attached hydrogen (secondary N) is 1. The normalized spacial score (nSPS) is 15.4. The topological polar surface area (TPSA) is 52.5 Å². The molecule has 14 heavy (non-hydrogen) atoms. The van der Waals surface area contributed by atoms with Crippen molar-refractivity contribution in [2.75, 3.05) is 0 Å². The zero-order valence-corrected chi connectivity index (χ0v) is 9.50. The summed E-state index contributed by atoms with van der Waals surface area (Å²) in [6.07, 6.45) is 6.92. The lowest BCUT2D eigenvalue weighted by molar-refractivity contribution is 0.0459. The molecule has 0 radical (unpaired) electrons. The predicted molar refractivity (Wildman–Crippen MR) is 58.8 cm³/mol. The first-order valence-electron chi connectivity index (χ1n) is 5.79. The van der Waals surface area contributed by atoms with Crippen LogP contribution in [0.25, 0.3) is 0 Å². The van der Waals surface area contributed by atoms with E-state index in [1.54, 1.807) is 6.92 Å². The highest BCUT2D eigenvalue weighted by atomic mass is 16.3. The fourth-order valence-electron chi connectivity index (χ4n) is 1.48. The lowest BCUT2D eigenvalue weighted by Crippen LogP contribution is -2.35. The Balaban J connectivity index is 3.10. The molecule has 0 saturated heterocycles. The Bertz CT molecular complexity index is 118. The van der Waals surface area contributed by atoms with Crippen molar-refractivity contribution in [1.29, 1.82) is 0 Å². The summed E-state index contributed by atoms with van der Waals surface area (Å²) in [6.45, 7) is 3.82. The van der Waals surface area contributed by atoms with Crippen LogP contribution >= 0.6 is 0 Å². The Morgan fingerprint density at radius 3 is 2.14 bits per heavy atom. The average Bonchev–Trinajstić information content (AvgIpc) is 2.10. The monoisotopic (exact) mass is 203 g/mol. The molecule has 0 fully saturated rings. The van der Waals surface area contributed by atoms with Crippen molar-refractivity contribution in [3.63, 3.8) is 0 Å². The van der Waals surface area contributed by atoms with Crippen molar-refractivity contribution in [3.8, 4) is 0 Å². The van der Waals surface area contributed by atoms with E-state index in [9.17, 15) is 5.11 Å². The quantitative estimate of drug-likeness (QED) is 0.397. The molecule has 0 aromatic rings. The smallest absolute Gasteiger partial charge is 0.106 e. The fraction of sp³-hybridized carbons (Fsp3) is 1.00. The molecule has 0 spiro atoms. The van der Waals surface area contributed by atoms with Crippen LogP contribution in [-0.4, -0.2) is 22.7 Å². The molecule has 3 heteroatoms. The molecule has 86 valence electrons. The summed E-state index contributed by atoms with van der Waals surface area (Å²) in [6, 6.07) is 0. The summed E-state index contributed by atoms with van der Waals surface area (Å²) in [5.74, 6) is 0. The first-order chi connectivity index (χ1) is 6.66. The van der Waals surface area contributed by atoms with Gasteiger partial charge in [-0.2, -0.15) is 0 Å². The highest BCUT2D eigenvalue weighted by Crippen LogP contribution is 2.07. The van der Waals surface area contributed by atoms with E-state index in [2.05, 4.69) is 12.2 Å². The second kappa shape index (κ2) is 9.44. The highest BCUT2D eigenvalue weighted by molar-refractivity contribution is 4.54. The van der Waals surface area contributed by atoms with Crippen LogP contribution in [0.5, 0.6) is 0 Å². The van der Waals surface area contributed by atoms with Crippen LogP contribution < -0.4 is 5.32 Å². The first kappa shape index (κ1) is 13.9. The second-order valence-corrected chi connectivity index (χ2v) is 3.91. The van der Waals surface area contributed by atoms with Gasteiger partial charge in [0.2, 0.25) is 0 Å². The summed E-state index contributed by atoms with van der Waals surface area (Å²) in [7, 11) is 0. The van der Waals surface area contributed by atoms with Gasteiger partial charge >= 0.3 is 0 Å². The zero-order valence-electron chi connectivity index (χ0n) is 9.50. The molecule has 0 aliphatic heterocycles. The minimum atomic E-state index is -0.620. The van der Waals surface area contributed by atoms with Crippen LogP contribution in [0.1, 0.15) is 58.8 Å². The van der Waals surface area contributed by atoms with Crippen molar-refractivity contribution >= 4 is 0 Å². The molecule has 0 aliphatic rings. The second-order valence-electron chi connectivity index (χ2n) is 3.91. The van der Waals surface area contributed by atoms with Crippen molar-refractivity contribution < 1.29 is 10.2 Å². The first-order valence-corrected chi connectivity index (χ1v) is 5.79. The van der Waals surface area contributed by atoms with Gasteiger partial charge in [-0.15, -0.1) is 0 Å². The molecule has 2 unspecified atom stereocenters. The molecule has 0 saturated carbocycles. The minimum Gasteiger partial charge on any atom is -0.379 e. The zero-order chi connectivity index (χ0) is 10.8. The number of hydrogen-bond acceptors (Lipinski definition) is 3. The van der Waals surface area contributed by atoms with E-state index in [1.165, 1.54) is 32.1 Å². The van der Waals surface area contributed by atoms with Crippen LogP contribution in [0.2, 0.25) is 0 Å². The largest absolute Gasteiger partial charge is 0.379 e. The lowest BCUT2D eigenvalue weighted by Gasteiger charge is -2.14. The van der Waals surface area contributed by atoms with Crippen molar-refractivity contribution in [2.45, 2.75) is 71.2 Å². The van der Waals surface area contributed by atoms with Crippen molar-refractivity contribution in [1.82, 2.24) is 5.32 Å². The van der Waals surface area contributed by atoms with Gasteiger partial charge in [0.25, 0.3) is 0 Å². The fourth-order valence-corrected chi connectivity index (χ4v) is 1.48. The predicted octanol–water partition coefficient (Wildman–Crippen LogP) is 1.98. The average molecular weight is 203 g/mol. The van der Waals surface area contributed by atoms with Crippen LogP contribution in [0.3, 0.4) is 0 Å². The molecule has 0 amide bonds. The summed E-state index contributed by atoms with van der Waals surface area (Å²) in [5.41, 5.74) is 0. The van der Waals surface area contributed by atoms with Crippen LogP contribution in [0.4, 0.5) is 0 Å². The van der Waals surface area contributed by atoms with Gasteiger partial charge in [0.15, 0.2) is 0 Å². The maximum Gasteiger partial charge on any atom is 0.106 e. The van der Waals surface area contributed by atoms with Gasteiger partial charge in [0.05, 0.1) is 0 Å². The molecule has 2 atom stereocenters. The Kier molecular flexibility index (Phi) is 9.35. The summed E-state index contributed by atoms with van der Waals surface area (Å²) >= 11 is 0. The minimum absolute atomic E-state index is 0.554.